The maximum Gasteiger partial charge on any atom is 0.0107 e. The fourth-order valence-corrected chi connectivity index (χ4v) is 3.01. The summed E-state index contributed by atoms with van der Waals surface area (Å²) in [5.74, 6) is 1.81. The van der Waals surface area contributed by atoms with Gasteiger partial charge >= 0.3 is 0 Å². The number of hydrogen-bond donors (Lipinski definition) is 1. The minimum Gasteiger partial charge on any atom is -0.330 e. The van der Waals surface area contributed by atoms with Crippen molar-refractivity contribution in [3.63, 3.8) is 0 Å². The van der Waals surface area contributed by atoms with Crippen molar-refractivity contribution < 1.29 is 0 Å². The molecule has 70 valence electrons. The van der Waals surface area contributed by atoms with E-state index in [-0.39, 0.29) is 0 Å². The summed E-state index contributed by atoms with van der Waals surface area (Å²) in [4.78, 5) is 1.44. The molecule has 2 rings (SSSR count). The van der Waals surface area contributed by atoms with Crippen LogP contribution in [0.15, 0.2) is 23.1 Å². The number of benzene rings is 1. The van der Waals surface area contributed by atoms with Crippen molar-refractivity contribution in [3.8, 4) is 0 Å². The molecule has 1 atom stereocenters. The molecular weight excluding hydrogens is 178 g/mol. The second-order valence-corrected chi connectivity index (χ2v) is 4.75. The summed E-state index contributed by atoms with van der Waals surface area (Å²) in [6.45, 7) is 2.93. The fraction of sp³-hybridized carbons (Fsp3) is 0.455. The van der Waals surface area contributed by atoms with Crippen LogP contribution in [0, 0.1) is 6.92 Å². The molecule has 0 saturated carbocycles. The molecule has 1 aliphatic rings. The summed E-state index contributed by atoms with van der Waals surface area (Å²) in [7, 11) is 0. The molecule has 0 saturated heterocycles. The van der Waals surface area contributed by atoms with Crippen LogP contribution in [0.2, 0.25) is 0 Å². The van der Waals surface area contributed by atoms with Crippen molar-refractivity contribution in [1.29, 1.82) is 0 Å². The molecule has 1 aromatic carbocycles. The molecule has 1 heterocycles. The Labute approximate surface area is 83.7 Å². The summed E-state index contributed by atoms with van der Waals surface area (Å²) in [5.41, 5.74) is 8.58. The van der Waals surface area contributed by atoms with E-state index in [9.17, 15) is 0 Å². The molecule has 2 heteroatoms. The van der Waals surface area contributed by atoms with Crippen LogP contribution in [0.3, 0.4) is 0 Å². The Hall–Kier alpha value is -0.470. The van der Waals surface area contributed by atoms with E-state index in [4.69, 9.17) is 5.73 Å². The Bertz CT molecular complexity index is 309. The monoisotopic (exact) mass is 193 g/mol. The number of nitrogens with two attached hydrogens (primary N) is 1. The van der Waals surface area contributed by atoms with Gasteiger partial charge < -0.3 is 5.73 Å². The first-order chi connectivity index (χ1) is 6.31. The zero-order valence-electron chi connectivity index (χ0n) is 7.92. The van der Waals surface area contributed by atoms with Gasteiger partial charge in [-0.05, 0) is 43.2 Å². The number of thioether (sulfide) groups is 1. The average molecular weight is 193 g/mol. The van der Waals surface area contributed by atoms with Crippen molar-refractivity contribution in [2.45, 2.75) is 24.2 Å². The van der Waals surface area contributed by atoms with Crippen LogP contribution < -0.4 is 5.73 Å². The SMILES string of the molecule is Cc1ccc2c(c1)C(CN)CCS2. The molecule has 1 nitrogen and oxygen atoms in total. The molecular formula is C11H15NS. The van der Waals surface area contributed by atoms with Gasteiger partial charge in [0.25, 0.3) is 0 Å². The third-order valence-corrected chi connectivity index (χ3v) is 3.74. The van der Waals surface area contributed by atoms with Crippen molar-refractivity contribution >= 4 is 11.8 Å². The highest BCUT2D eigenvalue weighted by Crippen LogP contribution is 2.37. The van der Waals surface area contributed by atoms with Gasteiger partial charge in [-0.25, -0.2) is 0 Å². The van der Waals surface area contributed by atoms with Gasteiger partial charge in [-0.15, -0.1) is 11.8 Å². The average Bonchev–Trinajstić information content (AvgIpc) is 2.17. The second kappa shape index (κ2) is 3.72. The van der Waals surface area contributed by atoms with E-state index in [1.165, 1.54) is 28.2 Å². The molecule has 1 unspecified atom stereocenters. The second-order valence-electron chi connectivity index (χ2n) is 3.61. The predicted octanol–water partition coefficient (Wildman–Crippen LogP) is 2.53. The molecule has 0 radical (unpaired) electrons. The minimum atomic E-state index is 0.594. The van der Waals surface area contributed by atoms with E-state index in [0.29, 0.717) is 5.92 Å². The molecule has 0 bridgehead atoms. The van der Waals surface area contributed by atoms with E-state index in [1.54, 1.807) is 0 Å². The quantitative estimate of drug-likeness (QED) is 0.741. The zero-order valence-corrected chi connectivity index (χ0v) is 8.73. The standard InChI is InChI=1S/C11H15NS/c1-8-2-3-11-10(6-8)9(7-12)4-5-13-11/h2-3,6,9H,4-5,7,12H2,1H3. The molecule has 2 N–H and O–H groups in total. The summed E-state index contributed by atoms with van der Waals surface area (Å²) in [6, 6.07) is 6.71. The van der Waals surface area contributed by atoms with Crippen LogP contribution >= 0.6 is 11.8 Å². The summed E-state index contributed by atoms with van der Waals surface area (Å²) in [6.07, 6.45) is 1.23. The van der Waals surface area contributed by atoms with Crippen LogP contribution in [0.25, 0.3) is 0 Å². The highest BCUT2D eigenvalue weighted by molar-refractivity contribution is 7.99. The Kier molecular flexibility index (Phi) is 2.61. The van der Waals surface area contributed by atoms with E-state index < -0.39 is 0 Å². The maximum absolute atomic E-state index is 5.76. The van der Waals surface area contributed by atoms with Gasteiger partial charge in [0.05, 0.1) is 0 Å². The summed E-state index contributed by atoms with van der Waals surface area (Å²) in [5, 5.41) is 0. The van der Waals surface area contributed by atoms with Gasteiger partial charge in [0.15, 0.2) is 0 Å². The number of rotatable bonds is 1. The molecule has 1 aromatic rings. The first-order valence-electron chi connectivity index (χ1n) is 4.74. The third kappa shape index (κ3) is 1.74. The summed E-state index contributed by atoms with van der Waals surface area (Å²) < 4.78 is 0. The molecule has 0 aromatic heterocycles. The smallest absolute Gasteiger partial charge is 0.0107 e. The predicted molar refractivity (Wildman–Crippen MR) is 58.3 cm³/mol. The normalized spacial score (nSPS) is 21.2. The van der Waals surface area contributed by atoms with Crippen LogP contribution in [-0.4, -0.2) is 12.3 Å². The Morgan fingerprint density at radius 3 is 3.15 bits per heavy atom. The van der Waals surface area contributed by atoms with Crippen molar-refractivity contribution in [3.05, 3.63) is 29.3 Å². The van der Waals surface area contributed by atoms with Crippen LogP contribution in [-0.2, 0) is 0 Å². The van der Waals surface area contributed by atoms with E-state index >= 15 is 0 Å². The number of fused-ring (bicyclic) bond motifs is 1. The highest BCUT2D eigenvalue weighted by Gasteiger charge is 2.18. The molecule has 13 heavy (non-hydrogen) atoms. The van der Waals surface area contributed by atoms with Crippen LogP contribution in [0.5, 0.6) is 0 Å². The van der Waals surface area contributed by atoms with Gasteiger partial charge in [0.2, 0.25) is 0 Å². The molecule has 0 spiro atoms. The van der Waals surface area contributed by atoms with Crippen LogP contribution in [0.4, 0.5) is 0 Å². The Morgan fingerprint density at radius 2 is 2.38 bits per heavy atom. The number of hydrogen-bond acceptors (Lipinski definition) is 2. The van der Waals surface area contributed by atoms with Crippen molar-refractivity contribution in [1.82, 2.24) is 0 Å². The largest absolute Gasteiger partial charge is 0.330 e. The van der Waals surface area contributed by atoms with Gasteiger partial charge in [0, 0.05) is 4.90 Å². The molecule has 1 aliphatic heterocycles. The minimum absolute atomic E-state index is 0.594. The van der Waals surface area contributed by atoms with Gasteiger partial charge in [0.1, 0.15) is 0 Å². The van der Waals surface area contributed by atoms with Gasteiger partial charge in [-0.3, -0.25) is 0 Å². The van der Waals surface area contributed by atoms with Crippen molar-refractivity contribution in [2.75, 3.05) is 12.3 Å². The lowest BCUT2D eigenvalue weighted by atomic mass is 9.95. The lowest BCUT2D eigenvalue weighted by Crippen LogP contribution is -2.17. The van der Waals surface area contributed by atoms with E-state index in [0.717, 1.165) is 6.54 Å². The van der Waals surface area contributed by atoms with E-state index in [2.05, 4.69) is 25.1 Å². The first kappa shape index (κ1) is 9.10. The first-order valence-corrected chi connectivity index (χ1v) is 5.73. The van der Waals surface area contributed by atoms with Gasteiger partial charge in [-0.1, -0.05) is 17.7 Å². The van der Waals surface area contributed by atoms with E-state index in [1.807, 2.05) is 11.8 Å². The molecule has 0 amide bonds. The lowest BCUT2D eigenvalue weighted by Gasteiger charge is -2.24. The molecule has 0 aliphatic carbocycles. The maximum atomic E-state index is 5.76. The third-order valence-electron chi connectivity index (χ3n) is 2.61. The fourth-order valence-electron chi connectivity index (χ4n) is 1.83. The lowest BCUT2D eigenvalue weighted by molar-refractivity contribution is 0.658. The Morgan fingerprint density at radius 1 is 1.54 bits per heavy atom. The van der Waals surface area contributed by atoms with Crippen LogP contribution in [0.1, 0.15) is 23.5 Å². The molecule has 0 fully saturated rings. The Balaban J connectivity index is 2.41. The topological polar surface area (TPSA) is 26.0 Å². The highest BCUT2D eigenvalue weighted by atomic mass is 32.2. The van der Waals surface area contributed by atoms with Crippen molar-refractivity contribution in [2.24, 2.45) is 5.73 Å². The number of aryl methyl sites for hydroxylation is 1. The van der Waals surface area contributed by atoms with Gasteiger partial charge in [-0.2, -0.15) is 0 Å². The summed E-state index contributed by atoms with van der Waals surface area (Å²) >= 11 is 1.96. The zero-order chi connectivity index (χ0) is 9.26.